The van der Waals surface area contributed by atoms with Crippen LogP contribution in [0.5, 0.6) is 0 Å². The van der Waals surface area contributed by atoms with Gasteiger partial charge in [0.05, 0.1) is 5.69 Å². The third kappa shape index (κ3) is 2.33. The van der Waals surface area contributed by atoms with Gasteiger partial charge in [-0.15, -0.1) is 0 Å². The molecule has 0 radical (unpaired) electrons. The maximum absolute atomic E-state index is 5.89. The standard InChI is InChI=1S/C16H20N4/c1-10(2)18-15-13-9-8-12(11-6-4-3-5-7-11)14(13)19-16(17)20-15/h3-7,10,12H,8-9H2,1-2H3,(H3,17,18,19,20). The lowest BCUT2D eigenvalue weighted by Gasteiger charge is -2.15. The van der Waals surface area contributed by atoms with Crippen LogP contribution in [0.25, 0.3) is 0 Å². The van der Waals surface area contributed by atoms with E-state index in [1.807, 2.05) is 6.07 Å². The van der Waals surface area contributed by atoms with Crippen LogP contribution in [0.4, 0.5) is 11.8 Å². The first kappa shape index (κ1) is 12.9. The van der Waals surface area contributed by atoms with E-state index in [0.717, 1.165) is 24.4 Å². The molecule has 2 aromatic rings. The Labute approximate surface area is 119 Å². The quantitative estimate of drug-likeness (QED) is 0.898. The molecule has 1 atom stereocenters. The van der Waals surface area contributed by atoms with Crippen molar-refractivity contribution in [1.82, 2.24) is 9.97 Å². The van der Waals surface area contributed by atoms with Gasteiger partial charge in [0.2, 0.25) is 5.95 Å². The van der Waals surface area contributed by atoms with Crippen molar-refractivity contribution >= 4 is 11.8 Å². The number of fused-ring (bicyclic) bond motifs is 1. The molecule has 1 aromatic heterocycles. The number of aromatic nitrogens is 2. The Morgan fingerprint density at radius 3 is 2.65 bits per heavy atom. The van der Waals surface area contributed by atoms with E-state index >= 15 is 0 Å². The van der Waals surface area contributed by atoms with Gasteiger partial charge in [-0.1, -0.05) is 30.3 Å². The summed E-state index contributed by atoms with van der Waals surface area (Å²) in [5, 5.41) is 3.39. The van der Waals surface area contributed by atoms with Crippen LogP contribution < -0.4 is 11.1 Å². The van der Waals surface area contributed by atoms with Crippen LogP contribution in [0.3, 0.4) is 0 Å². The van der Waals surface area contributed by atoms with Gasteiger partial charge in [-0.3, -0.25) is 0 Å². The molecule has 1 aliphatic carbocycles. The molecule has 0 aliphatic heterocycles. The molecule has 0 spiro atoms. The lowest BCUT2D eigenvalue weighted by Crippen LogP contribution is -2.15. The monoisotopic (exact) mass is 268 g/mol. The van der Waals surface area contributed by atoms with Crippen molar-refractivity contribution in [2.45, 2.75) is 38.6 Å². The summed E-state index contributed by atoms with van der Waals surface area (Å²) < 4.78 is 0. The summed E-state index contributed by atoms with van der Waals surface area (Å²) >= 11 is 0. The zero-order chi connectivity index (χ0) is 14.1. The zero-order valence-electron chi connectivity index (χ0n) is 11.9. The summed E-state index contributed by atoms with van der Waals surface area (Å²) in [4.78, 5) is 8.87. The topological polar surface area (TPSA) is 63.8 Å². The van der Waals surface area contributed by atoms with Gasteiger partial charge in [0.25, 0.3) is 0 Å². The smallest absolute Gasteiger partial charge is 0.222 e. The highest BCUT2D eigenvalue weighted by atomic mass is 15.1. The second kappa shape index (κ2) is 5.12. The molecule has 0 saturated heterocycles. The number of hydrogen-bond donors (Lipinski definition) is 2. The van der Waals surface area contributed by atoms with E-state index in [1.54, 1.807) is 0 Å². The van der Waals surface area contributed by atoms with Crippen molar-refractivity contribution in [3.8, 4) is 0 Å². The first-order valence-electron chi connectivity index (χ1n) is 7.13. The highest BCUT2D eigenvalue weighted by Gasteiger charge is 2.29. The molecule has 0 bridgehead atoms. The minimum Gasteiger partial charge on any atom is -0.368 e. The Morgan fingerprint density at radius 1 is 1.20 bits per heavy atom. The van der Waals surface area contributed by atoms with Crippen molar-refractivity contribution < 1.29 is 0 Å². The predicted molar refractivity (Wildman–Crippen MR) is 81.8 cm³/mol. The van der Waals surface area contributed by atoms with Crippen LogP contribution in [0.1, 0.15) is 43.0 Å². The summed E-state index contributed by atoms with van der Waals surface area (Å²) in [5.74, 6) is 1.60. The number of nitrogens with zero attached hydrogens (tertiary/aromatic N) is 2. The van der Waals surface area contributed by atoms with Crippen LogP contribution in [0.2, 0.25) is 0 Å². The van der Waals surface area contributed by atoms with Crippen molar-refractivity contribution in [3.05, 3.63) is 47.2 Å². The predicted octanol–water partition coefficient (Wildman–Crippen LogP) is 2.96. The lowest BCUT2D eigenvalue weighted by molar-refractivity contribution is 0.772. The molecule has 0 fully saturated rings. The number of rotatable bonds is 3. The van der Waals surface area contributed by atoms with Crippen LogP contribution in [0, 0.1) is 0 Å². The third-order valence-corrected chi connectivity index (χ3v) is 3.70. The maximum atomic E-state index is 5.89. The fraction of sp³-hybridized carbons (Fsp3) is 0.375. The molecule has 104 valence electrons. The molecule has 1 heterocycles. The van der Waals surface area contributed by atoms with Gasteiger partial charge in [-0.05, 0) is 32.3 Å². The van der Waals surface area contributed by atoms with E-state index in [0.29, 0.717) is 17.9 Å². The van der Waals surface area contributed by atoms with Crippen molar-refractivity contribution in [1.29, 1.82) is 0 Å². The minimum absolute atomic E-state index is 0.337. The van der Waals surface area contributed by atoms with E-state index < -0.39 is 0 Å². The van der Waals surface area contributed by atoms with Gasteiger partial charge in [-0.25, -0.2) is 4.98 Å². The van der Waals surface area contributed by atoms with Crippen molar-refractivity contribution in [2.75, 3.05) is 11.1 Å². The van der Waals surface area contributed by atoms with Gasteiger partial charge >= 0.3 is 0 Å². The Morgan fingerprint density at radius 2 is 1.95 bits per heavy atom. The number of benzene rings is 1. The van der Waals surface area contributed by atoms with Gasteiger partial charge < -0.3 is 11.1 Å². The largest absolute Gasteiger partial charge is 0.368 e. The zero-order valence-corrected chi connectivity index (χ0v) is 11.9. The fourth-order valence-corrected chi connectivity index (χ4v) is 2.88. The number of nitrogens with two attached hydrogens (primary N) is 1. The molecule has 0 saturated carbocycles. The summed E-state index contributed by atoms with van der Waals surface area (Å²) in [5.41, 5.74) is 9.50. The molecular formula is C16H20N4. The first-order chi connectivity index (χ1) is 9.65. The average Bonchev–Trinajstić information content (AvgIpc) is 2.82. The normalized spacial score (nSPS) is 17.2. The summed E-state index contributed by atoms with van der Waals surface area (Å²) in [6.07, 6.45) is 2.08. The first-order valence-corrected chi connectivity index (χ1v) is 7.13. The van der Waals surface area contributed by atoms with Crippen molar-refractivity contribution in [2.24, 2.45) is 0 Å². The summed E-state index contributed by atoms with van der Waals surface area (Å²) in [6.45, 7) is 4.21. The second-order valence-corrected chi connectivity index (χ2v) is 5.60. The third-order valence-electron chi connectivity index (χ3n) is 3.70. The molecule has 3 rings (SSSR count). The number of hydrogen-bond acceptors (Lipinski definition) is 4. The van der Waals surface area contributed by atoms with Gasteiger partial charge in [0.15, 0.2) is 0 Å². The van der Waals surface area contributed by atoms with Crippen molar-refractivity contribution in [3.63, 3.8) is 0 Å². The SMILES string of the molecule is CC(C)Nc1nc(N)nc2c1CCC2c1ccccc1. The van der Waals surface area contributed by atoms with Gasteiger partial charge in [0.1, 0.15) is 5.82 Å². The lowest BCUT2D eigenvalue weighted by atomic mass is 9.97. The number of nitrogens with one attached hydrogen (secondary N) is 1. The molecule has 0 amide bonds. The van der Waals surface area contributed by atoms with Gasteiger partial charge in [-0.2, -0.15) is 4.98 Å². The minimum atomic E-state index is 0.337. The number of nitrogen functional groups attached to an aromatic ring is 1. The highest BCUT2D eigenvalue weighted by molar-refractivity contribution is 5.55. The van der Waals surface area contributed by atoms with Crippen LogP contribution >= 0.6 is 0 Å². The molecule has 1 aromatic carbocycles. The molecular weight excluding hydrogens is 248 g/mol. The van der Waals surface area contributed by atoms with E-state index in [-0.39, 0.29) is 0 Å². The van der Waals surface area contributed by atoms with E-state index in [9.17, 15) is 0 Å². The maximum Gasteiger partial charge on any atom is 0.222 e. The Kier molecular flexibility index (Phi) is 3.30. The van der Waals surface area contributed by atoms with Crippen LogP contribution in [0.15, 0.2) is 30.3 Å². The van der Waals surface area contributed by atoms with E-state index in [1.165, 1.54) is 11.1 Å². The molecule has 20 heavy (non-hydrogen) atoms. The Bertz CT molecular complexity index is 607. The second-order valence-electron chi connectivity index (χ2n) is 5.60. The summed E-state index contributed by atoms with van der Waals surface area (Å²) in [7, 11) is 0. The molecule has 1 unspecified atom stereocenters. The molecule has 1 aliphatic rings. The van der Waals surface area contributed by atoms with E-state index in [2.05, 4.69) is 53.4 Å². The fourth-order valence-electron chi connectivity index (χ4n) is 2.88. The molecule has 4 heteroatoms. The molecule has 3 N–H and O–H groups in total. The van der Waals surface area contributed by atoms with Gasteiger partial charge in [0, 0.05) is 17.5 Å². The number of anilines is 2. The average molecular weight is 268 g/mol. The van der Waals surface area contributed by atoms with Crippen LogP contribution in [-0.4, -0.2) is 16.0 Å². The highest BCUT2D eigenvalue weighted by Crippen LogP contribution is 2.39. The summed E-state index contributed by atoms with van der Waals surface area (Å²) in [6, 6.07) is 10.8. The Hall–Kier alpha value is -2.10. The van der Waals surface area contributed by atoms with Crippen LogP contribution in [-0.2, 0) is 6.42 Å². The van der Waals surface area contributed by atoms with E-state index in [4.69, 9.17) is 5.73 Å². The Balaban J connectivity index is 2.03. The molecule has 4 nitrogen and oxygen atoms in total.